The summed E-state index contributed by atoms with van der Waals surface area (Å²) in [6.45, 7) is 4.02. The van der Waals surface area contributed by atoms with Gasteiger partial charge in [0, 0.05) is 31.5 Å². The number of allylic oxidation sites excluding steroid dienone is 2. The second-order valence-corrected chi connectivity index (χ2v) is 10.1. The van der Waals surface area contributed by atoms with E-state index >= 15 is 0 Å². The van der Waals surface area contributed by atoms with E-state index < -0.39 is 0 Å². The van der Waals surface area contributed by atoms with Gasteiger partial charge < -0.3 is 9.57 Å². The summed E-state index contributed by atoms with van der Waals surface area (Å²) >= 11 is 1.66. The van der Waals surface area contributed by atoms with Crippen molar-refractivity contribution >= 4 is 23.1 Å². The zero-order valence-electron chi connectivity index (χ0n) is 21.2. The summed E-state index contributed by atoms with van der Waals surface area (Å²) in [5.41, 5.74) is 11.1. The Morgan fingerprint density at radius 3 is 2.78 bits per heavy atom. The molecule has 2 unspecified atom stereocenters. The number of benzene rings is 2. The normalized spacial score (nSPS) is 20.9. The number of aryl methyl sites for hydroxylation is 1. The zero-order chi connectivity index (χ0) is 25.1. The van der Waals surface area contributed by atoms with E-state index in [1.54, 1.807) is 18.9 Å². The Labute approximate surface area is 218 Å². The molecule has 2 aliphatic rings. The van der Waals surface area contributed by atoms with Gasteiger partial charge in [-0.1, -0.05) is 90.2 Å². The van der Waals surface area contributed by atoms with E-state index in [2.05, 4.69) is 89.7 Å². The van der Waals surface area contributed by atoms with Crippen LogP contribution < -0.4 is 10.9 Å². The van der Waals surface area contributed by atoms with Crippen LogP contribution in [0.4, 0.5) is 0 Å². The number of nitrogens with zero attached hydrogens (tertiary/aromatic N) is 2. The van der Waals surface area contributed by atoms with Gasteiger partial charge in [0.25, 0.3) is 0 Å². The topological polar surface area (TPSA) is 67.2 Å². The monoisotopic (exact) mass is 504 g/mol. The molecule has 2 aromatic rings. The SMILES string of the molecule is COC12CC1C=CC=C2CNOCCC/C=N/NC(=NCc1ccc(C)cc1)SCc1ccccc1. The van der Waals surface area contributed by atoms with Crippen LogP contribution in [0.2, 0.25) is 0 Å². The lowest BCUT2D eigenvalue weighted by atomic mass is 10.0. The fourth-order valence-electron chi connectivity index (χ4n) is 4.19. The van der Waals surface area contributed by atoms with Gasteiger partial charge in [-0.25, -0.2) is 0 Å². The molecule has 2 atom stereocenters. The van der Waals surface area contributed by atoms with Crippen molar-refractivity contribution in [3.8, 4) is 0 Å². The first-order chi connectivity index (χ1) is 17.7. The molecule has 0 amide bonds. The van der Waals surface area contributed by atoms with Gasteiger partial charge in [0.1, 0.15) is 0 Å². The Bertz CT molecular complexity index is 1080. The van der Waals surface area contributed by atoms with E-state index in [0.717, 1.165) is 30.2 Å². The Morgan fingerprint density at radius 2 is 1.97 bits per heavy atom. The number of ether oxygens (including phenoxy) is 1. The van der Waals surface area contributed by atoms with Crippen molar-refractivity contribution in [3.63, 3.8) is 0 Å². The maximum Gasteiger partial charge on any atom is 0.177 e. The summed E-state index contributed by atoms with van der Waals surface area (Å²) in [5, 5.41) is 5.22. The van der Waals surface area contributed by atoms with Crippen molar-refractivity contribution in [1.82, 2.24) is 10.9 Å². The smallest absolute Gasteiger partial charge is 0.177 e. The van der Waals surface area contributed by atoms with E-state index in [1.807, 2.05) is 12.3 Å². The summed E-state index contributed by atoms with van der Waals surface area (Å²) < 4.78 is 5.75. The minimum Gasteiger partial charge on any atom is -0.373 e. The average molecular weight is 505 g/mol. The minimum atomic E-state index is -0.0966. The first-order valence-corrected chi connectivity index (χ1v) is 13.5. The summed E-state index contributed by atoms with van der Waals surface area (Å²) in [7, 11) is 1.79. The number of thioether (sulfide) groups is 1. The number of hydrogen-bond acceptors (Lipinski definition) is 6. The maximum absolute atomic E-state index is 5.75. The highest BCUT2D eigenvalue weighted by Gasteiger charge is 2.56. The average Bonchev–Trinajstić information content (AvgIpc) is 3.66. The molecule has 0 heterocycles. The van der Waals surface area contributed by atoms with Gasteiger partial charge in [0.15, 0.2) is 5.17 Å². The number of hydrogen-bond donors (Lipinski definition) is 2. The number of nitrogens with one attached hydrogen (secondary N) is 2. The lowest BCUT2D eigenvalue weighted by Crippen LogP contribution is -2.29. The largest absolute Gasteiger partial charge is 0.373 e. The van der Waals surface area contributed by atoms with Gasteiger partial charge in [-0.15, -0.1) is 0 Å². The van der Waals surface area contributed by atoms with Crippen molar-refractivity contribution in [1.29, 1.82) is 0 Å². The minimum absolute atomic E-state index is 0.0966. The third kappa shape index (κ3) is 7.64. The summed E-state index contributed by atoms with van der Waals surface area (Å²) in [4.78, 5) is 10.4. The molecule has 7 heteroatoms. The Hall–Kier alpha value is -2.71. The fraction of sp³-hybridized carbons (Fsp3) is 0.379. The van der Waals surface area contributed by atoms with E-state index in [-0.39, 0.29) is 5.60 Å². The van der Waals surface area contributed by atoms with Crippen molar-refractivity contribution in [2.75, 3.05) is 20.3 Å². The fourth-order valence-corrected chi connectivity index (χ4v) is 4.96. The van der Waals surface area contributed by atoms with Gasteiger partial charge in [0.2, 0.25) is 0 Å². The van der Waals surface area contributed by atoms with Crippen LogP contribution in [0.15, 0.2) is 88.5 Å². The second kappa shape index (κ2) is 13.6. The summed E-state index contributed by atoms with van der Waals surface area (Å²) in [6, 6.07) is 18.9. The van der Waals surface area contributed by atoms with Gasteiger partial charge in [-0.3, -0.25) is 10.4 Å². The molecular formula is C29H36N4O2S. The predicted molar refractivity (Wildman–Crippen MR) is 150 cm³/mol. The van der Waals surface area contributed by atoms with Crippen LogP contribution >= 0.6 is 11.8 Å². The van der Waals surface area contributed by atoms with Crippen molar-refractivity contribution in [2.45, 2.75) is 44.1 Å². The van der Waals surface area contributed by atoms with Gasteiger partial charge in [0.05, 0.1) is 18.8 Å². The van der Waals surface area contributed by atoms with E-state index in [4.69, 9.17) is 14.6 Å². The van der Waals surface area contributed by atoms with Gasteiger partial charge in [-0.2, -0.15) is 10.6 Å². The molecule has 0 bridgehead atoms. The quantitative estimate of drug-likeness (QED) is 0.162. The number of rotatable bonds is 13. The van der Waals surface area contributed by atoms with Crippen LogP contribution in [0, 0.1) is 12.8 Å². The molecular weight excluding hydrogens is 468 g/mol. The molecule has 1 saturated carbocycles. The first kappa shape index (κ1) is 26.4. The molecule has 0 radical (unpaired) electrons. The van der Waals surface area contributed by atoms with Crippen LogP contribution in [0.3, 0.4) is 0 Å². The molecule has 0 saturated heterocycles. The number of hydroxylamine groups is 1. The molecule has 1 fully saturated rings. The van der Waals surface area contributed by atoms with E-state index in [9.17, 15) is 0 Å². The lowest BCUT2D eigenvalue weighted by molar-refractivity contribution is 0.0359. The van der Waals surface area contributed by atoms with Gasteiger partial charge in [-0.05, 0) is 42.9 Å². The second-order valence-electron chi connectivity index (χ2n) is 9.10. The zero-order valence-corrected chi connectivity index (χ0v) is 22.0. The van der Waals surface area contributed by atoms with Crippen LogP contribution in [-0.2, 0) is 21.9 Å². The molecule has 2 aromatic carbocycles. The van der Waals surface area contributed by atoms with E-state index in [1.165, 1.54) is 22.3 Å². The molecule has 2 aliphatic carbocycles. The molecule has 36 heavy (non-hydrogen) atoms. The Kier molecular flexibility index (Phi) is 9.93. The van der Waals surface area contributed by atoms with E-state index in [0.29, 0.717) is 25.6 Å². The highest BCUT2D eigenvalue weighted by molar-refractivity contribution is 8.13. The number of amidine groups is 1. The molecule has 0 aliphatic heterocycles. The molecule has 6 nitrogen and oxygen atoms in total. The number of fused-ring (bicyclic) bond motifs is 1. The number of unbranched alkanes of at least 4 members (excludes halogenated alkanes) is 1. The molecule has 0 spiro atoms. The highest BCUT2D eigenvalue weighted by Crippen LogP contribution is 2.54. The molecule has 190 valence electrons. The van der Waals surface area contributed by atoms with Crippen molar-refractivity contribution in [2.24, 2.45) is 16.0 Å². The number of aliphatic imine (C=N–C) groups is 1. The molecule has 4 rings (SSSR count). The number of methoxy groups -OCH3 is 1. The Balaban J connectivity index is 1.16. The third-order valence-corrected chi connectivity index (χ3v) is 7.42. The lowest BCUT2D eigenvalue weighted by Gasteiger charge is -2.21. The first-order valence-electron chi connectivity index (χ1n) is 12.5. The Morgan fingerprint density at radius 1 is 1.14 bits per heavy atom. The highest BCUT2D eigenvalue weighted by atomic mass is 32.2. The van der Waals surface area contributed by atoms with Crippen LogP contribution in [-0.4, -0.2) is 37.2 Å². The van der Waals surface area contributed by atoms with Crippen molar-refractivity contribution < 1.29 is 9.57 Å². The third-order valence-electron chi connectivity index (χ3n) is 6.45. The standard InChI is InChI=1S/C29H36N4O2S/c1-23-13-15-24(16-14-23)20-30-28(36-22-25-9-4-3-5-10-25)33-31-17-6-7-18-35-32-21-27-12-8-11-26-19-29(26,27)34-2/h3-5,8-17,26,32H,6-7,18-22H2,1-2H3,(H,30,33)/b31-17+. The summed E-state index contributed by atoms with van der Waals surface area (Å²) in [5.74, 6) is 1.36. The molecule has 2 N–H and O–H groups in total. The number of hydrazone groups is 1. The summed E-state index contributed by atoms with van der Waals surface area (Å²) in [6.07, 6.45) is 11.1. The van der Waals surface area contributed by atoms with Crippen LogP contribution in [0.5, 0.6) is 0 Å². The maximum atomic E-state index is 5.75. The van der Waals surface area contributed by atoms with Gasteiger partial charge >= 0.3 is 0 Å². The van der Waals surface area contributed by atoms with Crippen LogP contribution in [0.1, 0.15) is 36.0 Å². The van der Waals surface area contributed by atoms with Crippen LogP contribution in [0.25, 0.3) is 0 Å². The predicted octanol–water partition coefficient (Wildman–Crippen LogP) is 5.56. The van der Waals surface area contributed by atoms with Crippen molar-refractivity contribution in [3.05, 3.63) is 95.1 Å². The molecule has 0 aromatic heterocycles.